The first kappa shape index (κ1) is 20.1. The summed E-state index contributed by atoms with van der Waals surface area (Å²) in [5.74, 6) is -1.36. The van der Waals surface area contributed by atoms with Crippen LogP contribution in [0.1, 0.15) is 42.1 Å². The fourth-order valence-electron chi connectivity index (χ4n) is 3.64. The Kier molecular flexibility index (Phi) is 6.52. The van der Waals surface area contributed by atoms with E-state index in [-0.39, 0.29) is 11.6 Å². The third-order valence-corrected chi connectivity index (χ3v) is 5.45. The Labute approximate surface area is 165 Å². The van der Waals surface area contributed by atoms with E-state index in [1.165, 1.54) is 24.8 Å². The van der Waals surface area contributed by atoms with Gasteiger partial charge < -0.3 is 15.8 Å². The zero-order chi connectivity index (χ0) is 20.1. The lowest BCUT2D eigenvalue weighted by atomic mass is 9.93. The van der Waals surface area contributed by atoms with Crippen LogP contribution < -0.4 is 11.1 Å². The highest BCUT2D eigenvalue weighted by Gasteiger charge is 2.30. The van der Waals surface area contributed by atoms with Crippen LogP contribution in [0.3, 0.4) is 0 Å². The van der Waals surface area contributed by atoms with E-state index in [0.29, 0.717) is 17.4 Å². The Morgan fingerprint density at radius 2 is 2.11 bits per heavy atom. The molecule has 3 rings (SSSR count). The van der Waals surface area contributed by atoms with Crippen LogP contribution in [0.2, 0.25) is 0 Å². The molecule has 0 aliphatic carbocycles. The number of rotatable bonds is 8. The van der Waals surface area contributed by atoms with Gasteiger partial charge >= 0.3 is 5.97 Å². The molecule has 1 aliphatic heterocycles. The van der Waals surface area contributed by atoms with Gasteiger partial charge in [0.25, 0.3) is 0 Å². The summed E-state index contributed by atoms with van der Waals surface area (Å²) in [4.78, 5) is 14.1. The first-order chi connectivity index (χ1) is 13.5. The van der Waals surface area contributed by atoms with Gasteiger partial charge in [0, 0.05) is 25.2 Å². The molecular formula is C22H28FN3O2. The molecule has 0 spiro atoms. The minimum atomic E-state index is -0.728. The summed E-state index contributed by atoms with van der Waals surface area (Å²) >= 11 is 0. The zero-order valence-electron chi connectivity index (χ0n) is 16.5. The molecule has 0 bridgehead atoms. The maximum Gasteiger partial charge on any atom is 0.340 e. The summed E-state index contributed by atoms with van der Waals surface area (Å²) in [5, 5.41) is 3.36. The van der Waals surface area contributed by atoms with Crippen LogP contribution in [-0.2, 0) is 11.3 Å². The Morgan fingerprint density at radius 1 is 1.36 bits per heavy atom. The third kappa shape index (κ3) is 4.62. The van der Waals surface area contributed by atoms with Crippen molar-refractivity contribution in [3.8, 4) is 0 Å². The fraction of sp³-hybridized carbons (Fsp3) is 0.409. The Morgan fingerprint density at radius 3 is 2.71 bits per heavy atom. The summed E-state index contributed by atoms with van der Waals surface area (Å²) < 4.78 is 18.9. The molecule has 0 saturated carbocycles. The second-order valence-electron chi connectivity index (χ2n) is 7.29. The number of hydrogen-bond acceptors (Lipinski definition) is 5. The number of likely N-dealkylation sites (tertiary alicyclic amines) is 1. The molecule has 28 heavy (non-hydrogen) atoms. The topological polar surface area (TPSA) is 67.6 Å². The van der Waals surface area contributed by atoms with Crippen LogP contribution in [0.25, 0.3) is 0 Å². The minimum Gasteiger partial charge on any atom is -0.465 e. The number of benzene rings is 2. The van der Waals surface area contributed by atoms with Gasteiger partial charge in [-0.05, 0) is 37.0 Å². The maximum atomic E-state index is 14.3. The molecule has 1 aliphatic rings. The normalized spacial score (nSPS) is 17.6. The molecule has 2 aromatic carbocycles. The van der Waals surface area contributed by atoms with Crippen molar-refractivity contribution in [2.75, 3.05) is 24.7 Å². The van der Waals surface area contributed by atoms with Crippen molar-refractivity contribution < 1.29 is 13.9 Å². The van der Waals surface area contributed by atoms with Gasteiger partial charge in [0.2, 0.25) is 0 Å². The van der Waals surface area contributed by atoms with E-state index < -0.39 is 11.8 Å². The smallest absolute Gasteiger partial charge is 0.340 e. The molecule has 5 nitrogen and oxygen atoms in total. The van der Waals surface area contributed by atoms with Gasteiger partial charge in [-0.3, -0.25) is 4.90 Å². The summed E-state index contributed by atoms with van der Waals surface area (Å²) in [7, 11) is 1.22. The van der Waals surface area contributed by atoms with E-state index in [0.717, 1.165) is 32.4 Å². The van der Waals surface area contributed by atoms with Gasteiger partial charge in [0.1, 0.15) is 5.82 Å². The number of nitrogens with zero attached hydrogens (tertiary/aromatic N) is 1. The van der Waals surface area contributed by atoms with Crippen LogP contribution in [0, 0.1) is 5.82 Å². The number of esters is 1. The fourth-order valence-corrected chi connectivity index (χ4v) is 3.64. The van der Waals surface area contributed by atoms with Crippen molar-refractivity contribution in [2.45, 2.75) is 44.8 Å². The predicted octanol–water partition coefficient (Wildman–Crippen LogP) is 4.05. The van der Waals surface area contributed by atoms with Crippen LogP contribution in [0.5, 0.6) is 0 Å². The zero-order valence-corrected chi connectivity index (χ0v) is 16.5. The van der Waals surface area contributed by atoms with Crippen molar-refractivity contribution in [1.29, 1.82) is 0 Å². The van der Waals surface area contributed by atoms with Gasteiger partial charge in [-0.25, -0.2) is 9.18 Å². The average molecular weight is 385 g/mol. The number of halogens is 1. The van der Waals surface area contributed by atoms with Gasteiger partial charge in [-0.2, -0.15) is 0 Å². The molecule has 0 radical (unpaired) electrons. The molecule has 3 N–H and O–H groups in total. The van der Waals surface area contributed by atoms with Crippen molar-refractivity contribution in [3.63, 3.8) is 0 Å². The van der Waals surface area contributed by atoms with E-state index in [1.807, 2.05) is 6.07 Å². The molecule has 1 heterocycles. The van der Waals surface area contributed by atoms with Crippen LogP contribution in [-0.4, -0.2) is 36.6 Å². The Hall–Kier alpha value is -2.60. The third-order valence-electron chi connectivity index (χ3n) is 5.45. The second-order valence-corrected chi connectivity index (χ2v) is 7.29. The van der Waals surface area contributed by atoms with Gasteiger partial charge in [0.05, 0.1) is 24.0 Å². The lowest BCUT2D eigenvalue weighted by Gasteiger charge is -2.43. The molecule has 6 heteroatoms. The lowest BCUT2D eigenvalue weighted by Crippen LogP contribution is -2.49. The van der Waals surface area contributed by atoms with Crippen molar-refractivity contribution in [2.24, 2.45) is 0 Å². The molecular weight excluding hydrogens is 357 g/mol. The number of nitrogens with one attached hydrogen (secondary N) is 1. The van der Waals surface area contributed by atoms with Gasteiger partial charge in [0.15, 0.2) is 0 Å². The predicted molar refractivity (Wildman–Crippen MR) is 110 cm³/mol. The van der Waals surface area contributed by atoms with Crippen molar-refractivity contribution in [3.05, 3.63) is 59.4 Å². The lowest BCUT2D eigenvalue weighted by molar-refractivity contribution is 0.0595. The number of ether oxygens (including phenoxy) is 1. The highest BCUT2D eigenvalue weighted by molar-refractivity contribution is 5.92. The summed E-state index contributed by atoms with van der Waals surface area (Å²) in [6.45, 7) is 4.15. The molecule has 2 atom stereocenters. The van der Waals surface area contributed by atoms with E-state index in [9.17, 15) is 9.18 Å². The first-order valence-electron chi connectivity index (χ1n) is 9.73. The average Bonchev–Trinajstić information content (AvgIpc) is 2.70. The number of nitrogen functional groups attached to an aromatic ring is 1. The number of carbonyl (C=O) groups excluding carboxylic acids is 1. The molecule has 2 unspecified atom stereocenters. The van der Waals surface area contributed by atoms with Crippen LogP contribution in [0.4, 0.5) is 15.8 Å². The van der Waals surface area contributed by atoms with E-state index in [4.69, 9.17) is 5.73 Å². The highest BCUT2D eigenvalue weighted by atomic mass is 19.1. The van der Waals surface area contributed by atoms with Crippen molar-refractivity contribution >= 4 is 17.3 Å². The van der Waals surface area contributed by atoms with Crippen molar-refractivity contribution in [1.82, 2.24) is 4.90 Å². The number of hydrogen-bond donors (Lipinski definition) is 2. The molecule has 1 saturated heterocycles. The van der Waals surface area contributed by atoms with E-state index >= 15 is 0 Å². The second kappa shape index (κ2) is 9.06. The SMILES string of the molecule is CCC(CC1CCN1Cc1ccccc1)Nc1cc(F)c(C(=O)OC)cc1N. The molecule has 0 aromatic heterocycles. The molecule has 0 amide bonds. The summed E-state index contributed by atoms with van der Waals surface area (Å²) in [5.41, 5.74) is 8.08. The van der Waals surface area contributed by atoms with Crippen LogP contribution >= 0.6 is 0 Å². The van der Waals surface area contributed by atoms with E-state index in [2.05, 4.69) is 46.1 Å². The number of methoxy groups -OCH3 is 1. The first-order valence-corrected chi connectivity index (χ1v) is 9.73. The largest absolute Gasteiger partial charge is 0.465 e. The number of anilines is 2. The van der Waals surface area contributed by atoms with Crippen LogP contribution in [0.15, 0.2) is 42.5 Å². The van der Waals surface area contributed by atoms with E-state index in [1.54, 1.807) is 0 Å². The minimum absolute atomic E-state index is 0.147. The quantitative estimate of drug-likeness (QED) is 0.530. The number of carbonyl (C=O) groups is 1. The summed E-state index contributed by atoms with van der Waals surface area (Å²) in [6.07, 6.45) is 3.02. The molecule has 150 valence electrons. The Balaban J connectivity index is 1.63. The molecule has 1 fully saturated rings. The van der Waals surface area contributed by atoms with Gasteiger partial charge in [-0.15, -0.1) is 0 Å². The Bertz CT molecular complexity index is 813. The molecule has 2 aromatic rings. The standard InChI is InChI=1S/C22H28FN3O2/c1-3-16(11-17-9-10-26(17)14-15-7-5-4-6-8-15)25-21-13-19(23)18(12-20(21)24)22(27)28-2/h4-8,12-13,16-17,25H,3,9-11,14,24H2,1-2H3. The maximum absolute atomic E-state index is 14.3. The monoisotopic (exact) mass is 385 g/mol. The number of nitrogens with two attached hydrogens (primary N) is 1. The summed E-state index contributed by atoms with van der Waals surface area (Å²) in [6, 6.07) is 13.8. The highest BCUT2D eigenvalue weighted by Crippen LogP contribution is 2.29. The van der Waals surface area contributed by atoms with Gasteiger partial charge in [-0.1, -0.05) is 37.3 Å².